The molecule has 1 saturated heterocycles. The van der Waals surface area contributed by atoms with Crippen molar-refractivity contribution in [3.8, 4) is 0 Å². The van der Waals surface area contributed by atoms with Gasteiger partial charge in [-0.15, -0.1) is 11.8 Å². The van der Waals surface area contributed by atoms with Crippen molar-refractivity contribution in [3.63, 3.8) is 0 Å². The first kappa shape index (κ1) is 15.9. The largest absolute Gasteiger partial charge is 0.480 e. The minimum absolute atomic E-state index is 0.157. The van der Waals surface area contributed by atoms with Crippen LogP contribution in [0, 0.1) is 0 Å². The van der Waals surface area contributed by atoms with Crippen LogP contribution in [0.1, 0.15) is 29.8 Å². The molecule has 5 nitrogen and oxygen atoms in total. The topological polar surface area (TPSA) is 66.8 Å². The number of thioether (sulfide) groups is 1. The number of rotatable bonds is 5. The third-order valence-corrected chi connectivity index (χ3v) is 4.22. The van der Waals surface area contributed by atoms with Crippen molar-refractivity contribution in [2.45, 2.75) is 32.6 Å². The molecular weight excluding hydrogens is 290 g/mol. The predicted octanol–water partition coefficient (Wildman–Crippen LogP) is 2.21. The molecule has 1 aromatic rings. The highest BCUT2D eigenvalue weighted by Crippen LogP contribution is 2.23. The highest BCUT2D eigenvalue weighted by Gasteiger charge is 2.34. The first-order valence-electron chi connectivity index (χ1n) is 6.81. The van der Waals surface area contributed by atoms with Crippen LogP contribution < -0.4 is 0 Å². The molecular formula is C15H19NO4S. The molecule has 21 heavy (non-hydrogen) atoms. The number of carbonyl (C=O) groups excluding carboxylic acids is 1. The molecule has 6 heteroatoms. The smallest absolute Gasteiger partial charge is 0.327 e. The van der Waals surface area contributed by atoms with Crippen LogP contribution in [0.2, 0.25) is 0 Å². The lowest BCUT2D eigenvalue weighted by Crippen LogP contribution is -2.41. The summed E-state index contributed by atoms with van der Waals surface area (Å²) in [5.41, 5.74) is 1.50. The average Bonchev–Trinajstić information content (AvgIpc) is 2.94. The monoisotopic (exact) mass is 309 g/mol. The summed E-state index contributed by atoms with van der Waals surface area (Å²) < 4.78 is 5.50. The van der Waals surface area contributed by atoms with Crippen molar-refractivity contribution in [2.75, 3.05) is 11.6 Å². The van der Waals surface area contributed by atoms with Gasteiger partial charge in [0, 0.05) is 11.3 Å². The van der Waals surface area contributed by atoms with Crippen LogP contribution in [0.15, 0.2) is 24.3 Å². The molecule has 1 N–H and O–H groups in total. The van der Waals surface area contributed by atoms with Crippen molar-refractivity contribution in [1.82, 2.24) is 4.90 Å². The molecule has 0 saturated carbocycles. The Hall–Kier alpha value is -1.53. The maximum absolute atomic E-state index is 12.4. The van der Waals surface area contributed by atoms with Gasteiger partial charge in [-0.1, -0.05) is 12.1 Å². The summed E-state index contributed by atoms with van der Waals surface area (Å²) in [5, 5.41) is 9.12. The van der Waals surface area contributed by atoms with E-state index >= 15 is 0 Å². The molecule has 1 fully saturated rings. The van der Waals surface area contributed by atoms with Gasteiger partial charge in [0.15, 0.2) is 0 Å². The van der Waals surface area contributed by atoms with E-state index in [0.29, 0.717) is 23.8 Å². The van der Waals surface area contributed by atoms with Crippen LogP contribution in [0.4, 0.5) is 0 Å². The fourth-order valence-corrected chi connectivity index (χ4v) is 3.16. The van der Waals surface area contributed by atoms with Gasteiger partial charge >= 0.3 is 5.97 Å². The van der Waals surface area contributed by atoms with Gasteiger partial charge in [0.1, 0.15) is 6.04 Å². The Bertz CT molecular complexity index is 515. The Kier molecular flexibility index (Phi) is 5.25. The SMILES string of the molecule is CC(C)OCc1ccc(C(=O)N2CSCC2C(=O)O)cc1. The van der Waals surface area contributed by atoms with Crippen LogP contribution in [-0.2, 0) is 16.1 Å². The number of aliphatic carboxylic acids is 1. The molecule has 0 radical (unpaired) electrons. The zero-order chi connectivity index (χ0) is 15.4. The second-order valence-electron chi connectivity index (χ2n) is 5.19. The average molecular weight is 309 g/mol. The van der Waals surface area contributed by atoms with E-state index in [0.717, 1.165) is 5.56 Å². The molecule has 0 aliphatic carbocycles. The fourth-order valence-electron chi connectivity index (χ4n) is 2.02. The van der Waals surface area contributed by atoms with Crippen molar-refractivity contribution in [3.05, 3.63) is 35.4 Å². The zero-order valence-electron chi connectivity index (χ0n) is 12.1. The van der Waals surface area contributed by atoms with E-state index < -0.39 is 12.0 Å². The second kappa shape index (κ2) is 6.95. The van der Waals surface area contributed by atoms with E-state index in [4.69, 9.17) is 9.84 Å². The lowest BCUT2D eigenvalue weighted by atomic mass is 10.1. The van der Waals surface area contributed by atoms with Crippen LogP contribution in [0.25, 0.3) is 0 Å². The van der Waals surface area contributed by atoms with E-state index in [1.807, 2.05) is 26.0 Å². The van der Waals surface area contributed by atoms with Gasteiger partial charge in [-0.05, 0) is 31.5 Å². The molecule has 0 aromatic heterocycles. The van der Waals surface area contributed by atoms with Gasteiger partial charge < -0.3 is 14.7 Å². The summed E-state index contributed by atoms with van der Waals surface area (Å²) in [7, 11) is 0. The van der Waals surface area contributed by atoms with E-state index in [-0.39, 0.29) is 12.0 Å². The lowest BCUT2D eigenvalue weighted by molar-refractivity contribution is -0.140. The molecule has 114 valence electrons. The second-order valence-corrected chi connectivity index (χ2v) is 6.19. The molecule has 0 bridgehead atoms. The van der Waals surface area contributed by atoms with E-state index in [9.17, 15) is 9.59 Å². The Balaban J connectivity index is 2.04. The number of hydrogen-bond acceptors (Lipinski definition) is 4. The predicted molar refractivity (Wildman–Crippen MR) is 81.3 cm³/mol. The van der Waals surface area contributed by atoms with Crippen molar-refractivity contribution >= 4 is 23.6 Å². The highest BCUT2D eigenvalue weighted by molar-refractivity contribution is 7.99. The fraction of sp³-hybridized carbons (Fsp3) is 0.467. The minimum atomic E-state index is -0.949. The number of carbonyl (C=O) groups is 2. The summed E-state index contributed by atoms with van der Waals surface area (Å²) in [4.78, 5) is 24.9. The normalized spacial score (nSPS) is 18.2. The number of nitrogens with zero attached hydrogens (tertiary/aromatic N) is 1. The summed E-state index contributed by atoms with van der Waals surface area (Å²) in [6.07, 6.45) is 0.157. The molecule has 1 unspecified atom stereocenters. The molecule has 1 aliphatic rings. The number of hydrogen-bond donors (Lipinski definition) is 1. The molecule has 1 atom stereocenters. The Morgan fingerprint density at radius 1 is 1.38 bits per heavy atom. The molecule has 1 aromatic carbocycles. The molecule has 0 spiro atoms. The first-order chi connectivity index (χ1) is 9.99. The summed E-state index contributed by atoms with van der Waals surface area (Å²) in [6.45, 7) is 4.44. The van der Waals surface area contributed by atoms with Crippen molar-refractivity contribution in [1.29, 1.82) is 0 Å². The maximum Gasteiger partial charge on any atom is 0.327 e. The van der Waals surface area contributed by atoms with Crippen molar-refractivity contribution in [2.24, 2.45) is 0 Å². The Morgan fingerprint density at radius 2 is 2.05 bits per heavy atom. The van der Waals surface area contributed by atoms with Gasteiger partial charge in [-0.3, -0.25) is 4.79 Å². The van der Waals surface area contributed by atoms with E-state index in [1.165, 1.54) is 16.7 Å². The van der Waals surface area contributed by atoms with Crippen LogP contribution in [0.3, 0.4) is 0 Å². The van der Waals surface area contributed by atoms with E-state index in [1.54, 1.807) is 12.1 Å². The van der Waals surface area contributed by atoms with Gasteiger partial charge in [-0.2, -0.15) is 0 Å². The Labute approximate surface area is 128 Å². The number of benzene rings is 1. The summed E-state index contributed by atoms with van der Waals surface area (Å²) in [5.74, 6) is -0.311. The maximum atomic E-state index is 12.4. The molecule has 1 heterocycles. The number of carboxylic acid groups (broad SMARTS) is 1. The molecule has 1 amide bonds. The van der Waals surface area contributed by atoms with E-state index in [2.05, 4.69) is 0 Å². The number of ether oxygens (including phenoxy) is 1. The minimum Gasteiger partial charge on any atom is -0.480 e. The summed E-state index contributed by atoms with van der Waals surface area (Å²) in [6, 6.07) is 6.40. The van der Waals surface area contributed by atoms with Gasteiger partial charge in [0.2, 0.25) is 0 Å². The number of amides is 1. The molecule has 2 rings (SSSR count). The molecule has 1 aliphatic heterocycles. The van der Waals surface area contributed by atoms with Gasteiger partial charge in [-0.25, -0.2) is 4.79 Å². The quantitative estimate of drug-likeness (QED) is 0.903. The third-order valence-electron chi connectivity index (χ3n) is 3.21. The highest BCUT2D eigenvalue weighted by atomic mass is 32.2. The summed E-state index contributed by atoms with van der Waals surface area (Å²) >= 11 is 1.46. The van der Waals surface area contributed by atoms with Crippen LogP contribution in [0.5, 0.6) is 0 Å². The first-order valence-corrected chi connectivity index (χ1v) is 7.96. The van der Waals surface area contributed by atoms with Crippen LogP contribution >= 0.6 is 11.8 Å². The van der Waals surface area contributed by atoms with Crippen LogP contribution in [-0.4, -0.2) is 45.7 Å². The zero-order valence-corrected chi connectivity index (χ0v) is 12.9. The van der Waals surface area contributed by atoms with Gasteiger partial charge in [0.25, 0.3) is 5.91 Å². The standard InChI is InChI=1S/C15H19NO4S/c1-10(2)20-7-11-3-5-12(6-4-11)14(17)16-9-21-8-13(16)15(18)19/h3-6,10,13H,7-9H2,1-2H3,(H,18,19). The van der Waals surface area contributed by atoms with Crippen molar-refractivity contribution < 1.29 is 19.4 Å². The number of carboxylic acids is 1. The lowest BCUT2D eigenvalue weighted by Gasteiger charge is -2.20. The Morgan fingerprint density at radius 3 is 2.62 bits per heavy atom. The van der Waals surface area contributed by atoms with Gasteiger partial charge in [0.05, 0.1) is 18.6 Å². The third kappa shape index (κ3) is 3.98.